The Morgan fingerprint density at radius 3 is 2.72 bits per heavy atom. The number of nitrogens with two attached hydrogens (primary N) is 1. The van der Waals surface area contributed by atoms with Crippen molar-refractivity contribution in [1.82, 2.24) is 0 Å². The minimum absolute atomic E-state index is 0.245. The van der Waals surface area contributed by atoms with E-state index in [9.17, 15) is 4.39 Å². The molecule has 0 atom stereocenters. The third-order valence-corrected chi connectivity index (χ3v) is 3.68. The largest absolute Gasteiger partial charge is 0.497 e. The van der Waals surface area contributed by atoms with Crippen LogP contribution in [0.2, 0.25) is 0 Å². The summed E-state index contributed by atoms with van der Waals surface area (Å²) in [5, 5.41) is 0. The maximum absolute atomic E-state index is 13.8. The van der Waals surface area contributed by atoms with Gasteiger partial charge in [-0.3, -0.25) is 0 Å². The van der Waals surface area contributed by atoms with Crippen molar-refractivity contribution < 1.29 is 9.13 Å². The molecule has 0 unspecified atom stereocenters. The van der Waals surface area contributed by atoms with E-state index in [0.717, 1.165) is 16.2 Å². The van der Waals surface area contributed by atoms with Gasteiger partial charge in [-0.05, 0) is 29.8 Å². The SMILES string of the molecule is COc1cccc(Sc2c(F)cccc2CN)c1. The summed E-state index contributed by atoms with van der Waals surface area (Å²) in [6.07, 6.45) is 0. The topological polar surface area (TPSA) is 35.2 Å². The van der Waals surface area contributed by atoms with E-state index in [0.29, 0.717) is 11.4 Å². The molecule has 0 amide bonds. The van der Waals surface area contributed by atoms with E-state index in [1.165, 1.54) is 17.8 Å². The summed E-state index contributed by atoms with van der Waals surface area (Å²) in [6.45, 7) is 0.323. The molecule has 0 aromatic heterocycles. The van der Waals surface area contributed by atoms with Crippen LogP contribution in [-0.4, -0.2) is 7.11 Å². The van der Waals surface area contributed by atoms with Crippen molar-refractivity contribution in [1.29, 1.82) is 0 Å². The van der Waals surface area contributed by atoms with Gasteiger partial charge in [-0.2, -0.15) is 0 Å². The first kappa shape index (κ1) is 12.9. The van der Waals surface area contributed by atoms with Gasteiger partial charge in [0.15, 0.2) is 0 Å². The minimum atomic E-state index is -0.245. The van der Waals surface area contributed by atoms with Crippen LogP contribution < -0.4 is 10.5 Å². The molecule has 2 aromatic rings. The molecule has 2 rings (SSSR count). The number of halogens is 1. The number of hydrogen-bond acceptors (Lipinski definition) is 3. The molecule has 0 aliphatic carbocycles. The van der Waals surface area contributed by atoms with Crippen molar-refractivity contribution in [3.8, 4) is 5.75 Å². The first-order valence-electron chi connectivity index (χ1n) is 5.54. The van der Waals surface area contributed by atoms with Crippen LogP contribution in [0.5, 0.6) is 5.75 Å². The van der Waals surface area contributed by atoms with E-state index in [1.54, 1.807) is 13.2 Å². The van der Waals surface area contributed by atoms with Crippen LogP contribution in [0.1, 0.15) is 5.56 Å². The van der Waals surface area contributed by atoms with Crippen molar-refractivity contribution in [2.45, 2.75) is 16.3 Å². The Kier molecular flexibility index (Phi) is 4.23. The van der Waals surface area contributed by atoms with E-state index in [4.69, 9.17) is 10.5 Å². The summed E-state index contributed by atoms with van der Waals surface area (Å²) < 4.78 is 18.9. The molecule has 0 aliphatic rings. The highest BCUT2D eigenvalue weighted by Crippen LogP contribution is 2.34. The Labute approximate surface area is 110 Å². The molecule has 0 radical (unpaired) electrons. The highest BCUT2D eigenvalue weighted by atomic mass is 32.2. The van der Waals surface area contributed by atoms with Gasteiger partial charge in [0.2, 0.25) is 0 Å². The highest BCUT2D eigenvalue weighted by molar-refractivity contribution is 7.99. The van der Waals surface area contributed by atoms with Crippen molar-refractivity contribution >= 4 is 11.8 Å². The lowest BCUT2D eigenvalue weighted by Crippen LogP contribution is -1.99. The predicted molar refractivity (Wildman–Crippen MR) is 71.4 cm³/mol. The van der Waals surface area contributed by atoms with Crippen LogP contribution in [0, 0.1) is 5.82 Å². The Hall–Kier alpha value is -1.52. The van der Waals surface area contributed by atoms with E-state index >= 15 is 0 Å². The average molecular weight is 263 g/mol. The van der Waals surface area contributed by atoms with Crippen molar-refractivity contribution in [3.63, 3.8) is 0 Å². The standard InChI is InChI=1S/C14H14FNOS/c1-17-11-5-3-6-12(8-11)18-14-10(9-16)4-2-7-13(14)15/h2-8H,9,16H2,1H3. The van der Waals surface area contributed by atoms with Gasteiger partial charge >= 0.3 is 0 Å². The summed E-state index contributed by atoms with van der Waals surface area (Å²) in [5.41, 5.74) is 6.43. The van der Waals surface area contributed by atoms with Gasteiger partial charge in [-0.25, -0.2) is 4.39 Å². The first-order chi connectivity index (χ1) is 8.74. The van der Waals surface area contributed by atoms with Crippen LogP contribution >= 0.6 is 11.8 Å². The predicted octanol–water partition coefficient (Wildman–Crippen LogP) is 3.44. The quantitative estimate of drug-likeness (QED) is 0.917. The fourth-order valence-electron chi connectivity index (χ4n) is 1.61. The molecule has 0 fully saturated rings. The monoisotopic (exact) mass is 263 g/mol. The Morgan fingerprint density at radius 2 is 2.00 bits per heavy atom. The first-order valence-corrected chi connectivity index (χ1v) is 6.35. The Bertz CT molecular complexity index is 545. The van der Waals surface area contributed by atoms with Crippen LogP contribution in [0.3, 0.4) is 0 Å². The summed E-state index contributed by atoms with van der Waals surface area (Å²) in [6, 6.07) is 12.5. The van der Waals surface area contributed by atoms with Gasteiger partial charge in [-0.15, -0.1) is 0 Å². The summed E-state index contributed by atoms with van der Waals surface area (Å²) in [4.78, 5) is 1.50. The molecule has 94 valence electrons. The Morgan fingerprint density at radius 1 is 1.22 bits per heavy atom. The normalized spacial score (nSPS) is 10.4. The lowest BCUT2D eigenvalue weighted by molar-refractivity contribution is 0.413. The molecule has 0 saturated heterocycles. The zero-order valence-electron chi connectivity index (χ0n) is 10.0. The fraction of sp³-hybridized carbons (Fsp3) is 0.143. The van der Waals surface area contributed by atoms with E-state index in [-0.39, 0.29) is 5.82 Å². The van der Waals surface area contributed by atoms with Crippen molar-refractivity contribution in [3.05, 3.63) is 53.8 Å². The van der Waals surface area contributed by atoms with Gasteiger partial charge < -0.3 is 10.5 Å². The number of benzene rings is 2. The van der Waals surface area contributed by atoms with E-state index < -0.39 is 0 Å². The molecular formula is C14H14FNOS. The van der Waals surface area contributed by atoms with Crippen LogP contribution in [0.25, 0.3) is 0 Å². The van der Waals surface area contributed by atoms with Gasteiger partial charge in [0.05, 0.1) is 12.0 Å². The molecule has 18 heavy (non-hydrogen) atoms. The minimum Gasteiger partial charge on any atom is -0.497 e. The van der Waals surface area contributed by atoms with Gasteiger partial charge in [0.1, 0.15) is 11.6 Å². The molecule has 0 aliphatic heterocycles. The van der Waals surface area contributed by atoms with Gasteiger partial charge in [-0.1, -0.05) is 30.0 Å². The highest BCUT2D eigenvalue weighted by Gasteiger charge is 2.09. The summed E-state index contributed by atoms with van der Waals surface area (Å²) in [5.74, 6) is 0.511. The third-order valence-electron chi connectivity index (χ3n) is 2.53. The van der Waals surface area contributed by atoms with Gasteiger partial charge in [0, 0.05) is 11.4 Å². The van der Waals surface area contributed by atoms with Crippen LogP contribution in [-0.2, 0) is 6.54 Å². The molecule has 0 bridgehead atoms. The number of methoxy groups -OCH3 is 1. The molecule has 2 aromatic carbocycles. The van der Waals surface area contributed by atoms with Gasteiger partial charge in [0.25, 0.3) is 0 Å². The van der Waals surface area contributed by atoms with E-state index in [1.807, 2.05) is 30.3 Å². The smallest absolute Gasteiger partial charge is 0.137 e. The van der Waals surface area contributed by atoms with Crippen LogP contribution in [0.15, 0.2) is 52.3 Å². The Balaban J connectivity index is 2.33. The lowest BCUT2D eigenvalue weighted by Gasteiger charge is -2.09. The zero-order chi connectivity index (χ0) is 13.0. The molecule has 4 heteroatoms. The number of ether oxygens (including phenoxy) is 1. The average Bonchev–Trinajstić information content (AvgIpc) is 2.41. The van der Waals surface area contributed by atoms with E-state index in [2.05, 4.69) is 0 Å². The molecule has 2 nitrogen and oxygen atoms in total. The lowest BCUT2D eigenvalue weighted by atomic mass is 10.2. The fourth-order valence-corrected chi connectivity index (χ4v) is 2.62. The second-order valence-corrected chi connectivity index (χ2v) is 4.80. The number of hydrogen-bond donors (Lipinski definition) is 1. The summed E-state index contributed by atoms with van der Waals surface area (Å²) >= 11 is 1.36. The van der Waals surface area contributed by atoms with Crippen molar-refractivity contribution in [2.24, 2.45) is 5.73 Å². The molecule has 2 N–H and O–H groups in total. The van der Waals surface area contributed by atoms with Crippen molar-refractivity contribution in [2.75, 3.05) is 7.11 Å². The zero-order valence-corrected chi connectivity index (χ0v) is 10.8. The third kappa shape index (κ3) is 2.83. The molecule has 0 spiro atoms. The summed E-state index contributed by atoms with van der Waals surface area (Å²) in [7, 11) is 1.61. The maximum Gasteiger partial charge on any atom is 0.137 e. The van der Waals surface area contributed by atoms with Crippen LogP contribution in [0.4, 0.5) is 4.39 Å². The molecule has 0 heterocycles. The second-order valence-electron chi connectivity index (χ2n) is 3.71. The molecular weight excluding hydrogens is 249 g/mol. The second kappa shape index (κ2) is 5.89. The maximum atomic E-state index is 13.8. The molecule has 0 saturated carbocycles. The number of rotatable bonds is 4.